The summed E-state index contributed by atoms with van der Waals surface area (Å²) in [4.78, 5) is 0. The minimum Gasteiger partial charge on any atom is -0.494 e. The van der Waals surface area contributed by atoms with Crippen molar-refractivity contribution in [3.8, 4) is 0 Å². The summed E-state index contributed by atoms with van der Waals surface area (Å²) in [5.41, 5.74) is -3.05. The number of rotatable bonds is 2. The van der Waals surface area contributed by atoms with Crippen molar-refractivity contribution in [1.82, 2.24) is 0 Å². The van der Waals surface area contributed by atoms with Gasteiger partial charge in [0.2, 0.25) is 0 Å². The number of ether oxygens (including phenoxy) is 1. The van der Waals surface area contributed by atoms with Crippen molar-refractivity contribution in [3.63, 3.8) is 0 Å². The second-order valence-corrected chi connectivity index (χ2v) is 3.13. The molecular formula is C7H3F9O. The molecule has 0 N–H and O–H groups in total. The third-order valence-electron chi connectivity index (χ3n) is 2.09. The molecule has 17 heavy (non-hydrogen) atoms. The minimum absolute atomic E-state index is 0.297. The molecule has 0 saturated heterocycles. The molecule has 10 heteroatoms. The van der Waals surface area contributed by atoms with Gasteiger partial charge in [-0.15, -0.1) is 0 Å². The molecule has 0 aromatic carbocycles. The van der Waals surface area contributed by atoms with Gasteiger partial charge in [0.1, 0.15) is 5.57 Å². The lowest BCUT2D eigenvalue weighted by molar-refractivity contribution is -0.304. The highest BCUT2D eigenvalue weighted by molar-refractivity contribution is 5.45. The SMILES string of the molecule is COC1=C(C(F)(F)C(F)(F)F)C(F)(F)C1(F)F. The van der Waals surface area contributed by atoms with E-state index in [4.69, 9.17) is 0 Å². The summed E-state index contributed by atoms with van der Waals surface area (Å²) < 4.78 is 114. The summed E-state index contributed by atoms with van der Waals surface area (Å²) in [7, 11) is 0.297. The van der Waals surface area contributed by atoms with Crippen molar-refractivity contribution in [2.24, 2.45) is 0 Å². The first-order valence-electron chi connectivity index (χ1n) is 3.81. The number of halogens is 9. The zero-order valence-corrected chi connectivity index (χ0v) is 7.81. The quantitative estimate of drug-likeness (QED) is 0.701. The number of methoxy groups -OCH3 is 1. The van der Waals surface area contributed by atoms with Crippen LogP contribution in [-0.4, -0.2) is 31.1 Å². The third-order valence-corrected chi connectivity index (χ3v) is 2.09. The smallest absolute Gasteiger partial charge is 0.458 e. The van der Waals surface area contributed by atoms with Gasteiger partial charge in [0.05, 0.1) is 7.11 Å². The predicted molar refractivity (Wildman–Crippen MR) is 34.9 cm³/mol. The number of allylic oxidation sites excluding steroid dienone is 2. The largest absolute Gasteiger partial charge is 0.494 e. The molecule has 0 spiro atoms. The normalized spacial score (nSPS) is 23.4. The summed E-state index contributed by atoms with van der Waals surface area (Å²) in [5.74, 6) is -19.2. The summed E-state index contributed by atoms with van der Waals surface area (Å²) in [5, 5.41) is 0. The van der Waals surface area contributed by atoms with Crippen LogP contribution in [0.1, 0.15) is 0 Å². The van der Waals surface area contributed by atoms with E-state index in [-0.39, 0.29) is 0 Å². The molecule has 0 fully saturated rings. The molecule has 100 valence electrons. The highest BCUT2D eigenvalue weighted by Gasteiger charge is 2.82. The Bertz CT molecular complexity index is 364. The Morgan fingerprint density at radius 1 is 0.882 bits per heavy atom. The fourth-order valence-corrected chi connectivity index (χ4v) is 1.25. The summed E-state index contributed by atoms with van der Waals surface area (Å²) in [6.45, 7) is 0. The van der Waals surface area contributed by atoms with Crippen molar-refractivity contribution in [2.45, 2.75) is 23.9 Å². The predicted octanol–water partition coefficient (Wildman–Crippen LogP) is 3.37. The van der Waals surface area contributed by atoms with Crippen LogP contribution in [0.15, 0.2) is 11.3 Å². The van der Waals surface area contributed by atoms with Gasteiger partial charge in [-0.3, -0.25) is 0 Å². The van der Waals surface area contributed by atoms with Crippen LogP contribution in [0, 0.1) is 0 Å². The Morgan fingerprint density at radius 3 is 1.59 bits per heavy atom. The van der Waals surface area contributed by atoms with Crippen LogP contribution in [0.25, 0.3) is 0 Å². The van der Waals surface area contributed by atoms with E-state index in [2.05, 4.69) is 4.74 Å². The van der Waals surface area contributed by atoms with Gasteiger partial charge in [-0.25, -0.2) is 0 Å². The molecule has 0 radical (unpaired) electrons. The number of hydrogen-bond donors (Lipinski definition) is 0. The van der Waals surface area contributed by atoms with Crippen molar-refractivity contribution in [1.29, 1.82) is 0 Å². The lowest BCUT2D eigenvalue weighted by Crippen LogP contribution is -2.61. The Balaban J connectivity index is 3.41. The van der Waals surface area contributed by atoms with E-state index in [1.165, 1.54) is 0 Å². The van der Waals surface area contributed by atoms with Gasteiger partial charge in [0.25, 0.3) is 0 Å². The highest BCUT2D eigenvalue weighted by Crippen LogP contribution is 2.62. The fraction of sp³-hybridized carbons (Fsp3) is 0.714. The zero-order valence-electron chi connectivity index (χ0n) is 7.81. The lowest BCUT2D eigenvalue weighted by atomic mass is 9.82. The molecule has 0 heterocycles. The Morgan fingerprint density at radius 2 is 1.29 bits per heavy atom. The molecule has 1 nitrogen and oxygen atoms in total. The lowest BCUT2D eigenvalue weighted by Gasteiger charge is -2.42. The van der Waals surface area contributed by atoms with Crippen molar-refractivity contribution in [2.75, 3.05) is 7.11 Å². The van der Waals surface area contributed by atoms with Crippen LogP contribution in [-0.2, 0) is 4.74 Å². The van der Waals surface area contributed by atoms with E-state index in [0.717, 1.165) is 0 Å². The van der Waals surface area contributed by atoms with Gasteiger partial charge in [0.15, 0.2) is 5.76 Å². The maximum atomic E-state index is 12.6. The van der Waals surface area contributed by atoms with Crippen LogP contribution in [0.3, 0.4) is 0 Å². The average molecular weight is 274 g/mol. The van der Waals surface area contributed by atoms with Gasteiger partial charge >= 0.3 is 23.9 Å². The minimum atomic E-state index is -6.41. The standard InChI is InChI=1S/C7H3F9O/c1-17-3-2(4(8,9)6(3,12)13)5(10,11)7(14,15)16/h1H3. The number of hydrogen-bond acceptors (Lipinski definition) is 1. The average Bonchev–Trinajstić information content (AvgIpc) is 2.10. The topological polar surface area (TPSA) is 9.23 Å². The first-order valence-corrected chi connectivity index (χ1v) is 3.81. The van der Waals surface area contributed by atoms with Gasteiger partial charge in [-0.2, -0.15) is 39.5 Å². The molecule has 0 saturated carbocycles. The fourth-order valence-electron chi connectivity index (χ4n) is 1.25. The van der Waals surface area contributed by atoms with E-state index in [0.29, 0.717) is 7.11 Å². The molecule has 1 aliphatic rings. The zero-order chi connectivity index (χ0) is 13.9. The van der Waals surface area contributed by atoms with Crippen LogP contribution < -0.4 is 0 Å². The summed E-state index contributed by atoms with van der Waals surface area (Å²) in [6, 6.07) is 0. The maximum absolute atomic E-state index is 12.6. The van der Waals surface area contributed by atoms with Gasteiger partial charge < -0.3 is 4.74 Å². The van der Waals surface area contributed by atoms with E-state index in [1.807, 2.05) is 0 Å². The third kappa shape index (κ3) is 1.48. The van der Waals surface area contributed by atoms with Crippen molar-refractivity contribution >= 4 is 0 Å². The second-order valence-electron chi connectivity index (χ2n) is 3.13. The molecule has 0 bridgehead atoms. The molecule has 0 aromatic heterocycles. The van der Waals surface area contributed by atoms with Crippen LogP contribution in [0.4, 0.5) is 39.5 Å². The summed E-state index contributed by atoms with van der Waals surface area (Å²) in [6.07, 6.45) is -6.41. The van der Waals surface area contributed by atoms with E-state index in [9.17, 15) is 39.5 Å². The van der Waals surface area contributed by atoms with Crippen molar-refractivity contribution < 1.29 is 44.3 Å². The van der Waals surface area contributed by atoms with Gasteiger partial charge in [0, 0.05) is 0 Å². The molecule has 0 amide bonds. The van der Waals surface area contributed by atoms with Gasteiger partial charge in [-0.05, 0) is 0 Å². The molecular weight excluding hydrogens is 271 g/mol. The molecule has 0 aromatic rings. The van der Waals surface area contributed by atoms with E-state index in [1.54, 1.807) is 0 Å². The highest BCUT2D eigenvalue weighted by atomic mass is 19.4. The monoisotopic (exact) mass is 274 g/mol. The van der Waals surface area contributed by atoms with Crippen LogP contribution in [0.2, 0.25) is 0 Å². The Hall–Kier alpha value is -1.09. The maximum Gasteiger partial charge on any atom is 0.458 e. The molecule has 0 unspecified atom stereocenters. The Kier molecular flexibility index (Phi) is 2.65. The summed E-state index contributed by atoms with van der Waals surface area (Å²) >= 11 is 0. The van der Waals surface area contributed by atoms with Crippen molar-refractivity contribution in [3.05, 3.63) is 11.3 Å². The first-order chi connectivity index (χ1) is 7.31. The van der Waals surface area contributed by atoms with E-state index >= 15 is 0 Å². The van der Waals surface area contributed by atoms with Gasteiger partial charge in [-0.1, -0.05) is 0 Å². The van der Waals surface area contributed by atoms with E-state index < -0.39 is 35.3 Å². The number of alkyl halides is 9. The molecule has 1 rings (SSSR count). The first kappa shape index (κ1) is 14.0. The van der Waals surface area contributed by atoms with Crippen LogP contribution >= 0.6 is 0 Å². The Labute approximate surface area is 87.8 Å². The molecule has 0 atom stereocenters. The molecule has 1 aliphatic carbocycles. The molecule has 0 aliphatic heterocycles. The van der Waals surface area contributed by atoms with Crippen LogP contribution in [0.5, 0.6) is 0 Å². The second kappa shape index (κ2) is 3.22.